The molecular formula is C22H15Cl2NO3S. The molecule has 0 saturated carbocycles. The van der Waals surface area contributed by atoms with E-state index in [1.54, 1.807) is 42.5 Å². The van der Waals surface area contributed by atoms with Crippen LogP contribution in [0.4, 0.5) is 10.5 Å². The predicted octanol–water partition coefficient (Wildman–Crippen LogP) is 7.11. The summed E-state index contributed by atoms with van der Waals surface area (Å²) < 4.78 is 5.82. The Balaban J connectivity index is 1.67. The predicted molar refractivity (Wildman–Crippen MR) is 119 cm³/mol. The third kappa shape index (κ3) is 3.62. The molecule has 3 aromatic rings. The van der Waals surface area contributed by atoms with Crippen molar-refractivity contribution in [2.45, 2.75) is 13.8 Å². The van der Waals surface area contributed by atoms with Crippen LogP contribution < -0.4 is 4.90 Å². The maximum Gasteiger partial charge on any atom is 0.298 e. The zero-order chi connectivity index (χ0) is 20.7. The maximum atomic E-state index is 12.9. The number of anilines is 1. The second-order valence-electron chi connectivity index (χ2n) is 6.53. The van der Waals surface area contributed by atoms with Gasteiger partial charge in [-0.3, -0.25) is 9.59 Å². The fourth-order valence-electron chi connectivity index (χ4n) is 3.08. The van der Waals surface area contributed by atoms with E-state index in [0.717, 1.165) is 22.9 Å². The van der Waals surface area contributed by atoms with Crippen LogP contribution in [0.3, 0.4) is 0 Å². The van der Waals surface area contributed by atoms with Gasteiger partial charge in [-0.05, 0) is 67.1 Å². The Hall–Kier alpha value is -2.47. The first-order valence-corrected chi connectivity index (χ1v) is 10.3. The van der Waals surface area contributed by atoms with Gasteiger partial charge in [0, 0.05) is 6.08 Å². The van der Waals surface area contributed by atoms with Gasteiger partial charge < -0.3 is 4.42 Å². The lowest BCUT2D eigenvalue weighted by Crippen LogP contribution is -2.28. The molecular weight excluding hydrogens is 429 g/mol. The molecule has 1 aromatic heterocycles. The van der Waals surface area contributed by atoms with Crippen molar-refractivity contribution in [2.75, 3.05) is 4.90 Å². The monoisotopic (exact) mass is 443 g/mol. The molecule has 4 nitrogen and oxygen atoms in total. The molecule has 0 aliphatic carbocycles. The molecule has 1 saturated heterocycles. The number of nitrogens with zero attached hydrogens (tertiary/aromatic N) is 1. The normalized spacial score (nSPS) is 15.6. The van der Waals surface area contributed by atoms with E-state index in [9.17, 15) is 9.59 Å². The van der Waals surface area contributed by atoms with Gasteiger partial charge in [0.1, 0.15) is 11.5 Å². The van der Waals surface area contributed by atoms with E-state index in [-0.39, 0.29) is 11.1 Å². The highest BCUT2D eigenvalue weighted by Gasteiger charge is 2.37. The molecule has 0 atom stereocenters. The van der Waals surface area contributed by atoms with Gasteiger partial charge >= 0.3 is 0 Å². The molecule has 146 valence electrons. The summed E-state index contributed by atoms with van der Waals surface area (Å²) in [5, 5.41) is 0.596. The number of amides is 2. The van der Waals surface area contributed by atoms with Crippen molar-refractivity contribution in [1.29, 1.82) is 0 Å². The smallest absolute Gasteiger partial charge is 0.298 e. The van der Waals surface area contributed by atoms with E-state index in [4.69, 9.17) is 27.6 Å². The number of carbonyl (C=O) groups excluding carboxylic acids is 2. The summed E-state index contributed by atoms with van der Waals surface area (Å²) in [4.78, 5) is 26.9. The zero-order valence-electron chi connectivity index (χ0n) is 15.5. The molecule has 1 aliphatic rings. The lowest BCUT2D eigenvalue weighted by Gasteiger charge is -2.16. The van der Waals surface area contributed by atoms with Gasteiger partial charge in [0.15, 0.2) is 0 Å². The Kier molecular flexibility index (Phi) is 5.30. The third-order valence-electron chi connectivity index (χ3n) is 4.72. The molecule has 0 N–H and O–H groups in total. The number of thioether (sulfide) groups is 1. The average molecular weight is 444 g/mol. The fraction of sp³-hybridized carbons (Fsp3) is 0.0909. The molecule has 2 heterocycles. The summed E-state index contributed by atoms with van der Waals surface area (Å²) in [5.41, 5.74) is 3.08. The maximum absolute atomic E-state index is 12.9. The number of furan rings is 1. The van der Waals surface area contributed by atoms with Crippen LogP contribution >= 0.6 is 35.0 Å². The topological polar surface area (TPSA) is 50.5 Å². The number of benzene rings is 2. The molecule has 0 bridgehead atoms. The SMILES string of the molecule is Cc1cccc(N2C(=O)S/C(=C/c3ccc(-c4c(Cl)cccc4Cl)o3)C2=O)c1C. The molecule has 2 amide bonds. The van der Waals surface area contributed by atoms with Crippen molar-refractivity contribution in [1.82, 2.24) is 0 Å². The highest BCUT2D eigenvalue weighted by molar-refractivity contribution is 8.19. The summed E-state index contributed by atoms with van der Waals surface area (Å²) in [5.74, 6) is 0.547. The molecule has 4 rings (SSSR count). The molecule has 0 radical (unpaired) electrons. The molecule has 0 spiro atoms. The number of hydrogen-bond acceptors (Lipinski definition) is 4. The summed E-state index contributed by atoms with van der Waals surface area (Å²) in [6.45, 7) is 3.84. The van der Waals surface area contributed by atoms with Crippen LogP contribution in [0, 0.1) is 13.8 Å². The van der Waals surface area contributed by atoms with E-state index in [1.807, 2.05) is 26.0 Å². The molecule has 2 aromatic carbocycles. The van der Waals surface area contributed by atoms with Crippen molar-refractivity contribution >= 4 is 57.9 Å². The number of aryl methyl sites for hydroxylation is 1. The third-order valence-corrected chi connectivity index (χ3v) is 6.22. The number of halogens is 2. The second-order valence-corrected chi connectivity index (χ2v) is 8.34. The van der Waals surface area contributed by atoms with E-state index < -0.39 is 0 Å². The highest BCUT2D eigenvalue weighted by Crippen LogP contribution is 2.39. The Bertz CT molecular complexity index is 1160. The van der Waals surface area contributed by atoms with Crippen LogP contribution in [0.2, 0.25) is 10.0 Å². The fourth-order valence-corrected chi connectivity index (χ4v) is 4.48. The van der Waals surface area contributed by atoms with Crippen molar-refractivity contribution in [3.63, 3.8) is 0 Å². The van der Waals surface area contributed by atoms with Crippen LogP contribution in [-0.4, -0.2) is 11.1 Å². The Morgan fingerprint density at radius 3 is 2.38 bits per heavy atom. The van der Waals surface area contributed by atoms with E-state index in [1.165, 1.54) is 4.90 Å². The van der Waals surface area contributed by atoms with Crippen LogP contribution in [0.15, 0.2) is 57.9 Å². The molecule has 1 fully saturated rings. The minimum absolute atomic E-state index is 0.294. The van der Waals surface area contributed by atoms with E-state index in [2.05, 4.69) is 0 Å². The first-order valence-electron chi connectivity index (χ1n) is 8.75. The van der Waals surface area contributed by atoms with E-state index >= 15 is 0 Å². The minimum Gasteiger partial charge on any atom is -0.457 e. The number of imide groups is 1. The largest absolute Gasteiger partial charge is 0.457 e. The second kappa shape index (κ2) is 7.75. The lowest BCUT2D eigenvalue weighted by atomic mass is 10.1. The van der Waals surface area contributed by atoms with Gasteiger partial charge in [0.25, 0.3) is 11.1 Å². The summed E-state index contributed by atoms with van der Waals surface area (Å²) in [6, 6.07) is 14.2. The summed E-state index contributed by atoms with van der Waals surface area (Å²) >= 11 is 13.3. The average Bonchev–Trinajstić information content (AvgIpc) is 3.23. The standard InChI is InChI=1S/C22H15Cl2NO3S/c1-12-5-3-8-17(13(12)2)25-21(26)19(29-22(25)27)11-14-9-10-18(28-14)20-15(23)6-4-7-16(20)24/h3-11H,1-2H3/b19-11+. The van der Waals surface area contributed by atoms with Gasteiger partial charge in [-0.2, -0.15) is 0 Å². The van der Waals surface area contributed by atoms with Crippen molar-refractivity contribution in [3.8, 4) is 11.3 Å². The Morgan fingerprint density at radius 2 is 1.66 bits per heavy atom. The van der Waals surface area contributed by atoms with Gasteiger partial charge in [0.05, 0.1) is 26.2 Å². The summed E-state index contributed by atoms with van der Waals surface area (Å²) in [6.07, 6.45) is 1.56. The zero-order valence-corrected chi connectivity index (χ0v) is 17.9. The van der Waals surface area contributed by atoms with Gasteiger partial charge in [-0.25, -0.2) is 4.90 Å². The lowest BCUT2D eigenvalue weighted by molar-refractivity contribution is -0.113. The van der Waals surface area contributed by atoms with Crippen LogP contribution in [0.25, 0.3) is 17.4 Å². The first-order chi connectivity index (χ1) is 13.9. The van der Waals surface area contributed by atoms with Crippen LogP contribution in [-0.2, 0) is 4.79 Å². The van der Waals surface area contributed by atoms with Crippen LogP contribution in [0.5, 0.6) is 0 Å². The minimum atomic E-state index is -0.373. The van der Waals surface area contributed by atoms with Crippen LogP contribution in [0.1, 0.15) is 16.9 Å². The van der Waals surface area contributed by atoms with Crippen molar-refractivity contribution in [3.05, 3.63) is 80.4 Å². The number of rotatable bonds is 3. The molecule has 7 heteroatoms. The molecule has 0 unspecified atom stereocenters. The first kappa shape index (κ1) is 19.8. The number of hydrogen-bond donors (Lipinski definition) is 0. The van der Waals surface area contributed by atoms with Gasteiger partial charge in [-0.1, -0.05) is 41.4 Å². The van der Waals surface area contributed by atoms with Crippen molar-refractivity contribution < 1.29 is 14.0 Å². The van der Waals surface area contributed by atoms with Crippen molar-refractivity contribution in [2.24, 2.45) is 0 Å². The molecule has 1 aliphatic heterocycles. The van der Waals surface area contributed by atoms with Gasteiger partial charge in [-0.15, -0.1) is 0 Å². The Labute approximate surface area is 182 Å². The van der Waals surface area contributed by atoms with Gasteiger partial charge in [0.2, 0.25) is 0 Å². The summed E-state index contributed by atoms with van der Waals surface area (Å²) in [7, 11) is 0. The Morgan fingerprint density at radius 1 is 0.966 bits per heavy atom. The quantitative estimate of drug-likeness (QED) is 0.404. The number of carbonyl (C=O) groups is 2. The van der Waals surface area contributed by atoms with E-state index in [0.29, 0.717) is 37.7 Å². The molecule has 29 heavy (non-hydrogen) atoms. The highest BCUT2D eigenvalue weighted by atomic mass is 35.5.